The predicted molar refractivity (Wildman–Crippen MR) is 35.2 cm³/mol. The average Bonchev–Trinajstić information content (AvgIpc) is 1.19. The molecule has 0 aliphatic rings. The fraction of sp³-hybridized carbons (Fsp3) is 0. The number of hydrogen-bond acceptors (Lipinski definition) is 7. The summed E-state index contributed by atoms with van der Waals surface area (Å²) in [7, 11) is -5.39. The Morgan fingerprint density at radius 1 is 0.923 bits per heavy atom. The number of hydrogen-bond donors (Lipinski definition) is 0. The quantitative estimate of drug-likeness (QED) is 0.186. The minimum absolute atomic E-state index is 0. The third-order valence-corrected chi connectivity index (χ3v) is 0. The molecule has 0 amide bonds. The van der Waals surface area contributed by atoms with E-state index >= 15 is 0 Å². The Morgan fingerprint density at radius 3 is 0.923 bits per heavy atom. The number of nitrogens with zero attached hydrogens (tertiary/aromatic N) is 1. The fourth-order valence-corrected chi connectivity index (χ4v) is 0. The van der Waals surface area contributed by atoms with Crippen molar-refractivity contribution in [2.45, 2.75) is 0 Å². The van der Waals surface area contributed by atoms with Crippen LogP contribution in [0.1, 0.15) is 0 Å². The van der Waals surface area contributed by atoms with Gasteiger partial charge in [-0.25, -0.2) is 0 Å². The third kappa shape index (κ3) is 191. The zero-order valence-electron chi connectivity index (χ0n) is 6.87. The Kier molecular flexibility index (Phi) is 59.2. The summed E-state index contributed by atoms with van der Waals surface area (Å²) >= 11 is 0. The smallest absolute Gasteiger partial charge is 0.822 e. The molecule has 56 valence electrons. The first-order valence-electron chi connectivity index (χ1n) is 1.28. The molecule has 0 aliphatic heterocycles. The molecular weight excluding hydrogens is 300 g/mol. The molecule has 13 heavy (non-hydrogen) atoms. The van der Waals surface area contributed by atoms with Crippen LogP contribution in [0, 0.1) is 15.3 Å². The molecule has 13 heteroatoms. The van der Waals surface area contributed by atoms with Crippen LogP contribution < -0.4 is 44.2 Å². The van der Waals surface area contributed by atoms with Crippen molar-refractivity contribution in [3.63, 3.8) is 0 Å². The maximum atomic E-state index is 8.55. The van der Waals surface area contributed by atoms with Gasteiger partial charge in [-0.2, -0.15) is 7.82 Å². The first-order chi connectivity index (χ1) is 3.73. The molecule has 0 aromatic carbocycles. The largest absolute Gasteiger partial charge is 2.00 e. The summed E-state index contributed by atoms with van der Waals surface area (Å²) in [6.07, 6.45) is 0. The monoisotopic (exact) mass is 300 g/mol. The molecule has 0 bridgehead atoms. The van der Waals surface area contributed by atoms with E-state index in [1.54, 1.807) is 0 Å². The van der Waals surface area contributed by atoms with Gasteiger partial charge < -0.3 is 34.6 Å². The molecule has 0 fully saturated rings. The molecule has 0 atom stereocenters. The first-order valence-corrected chi connectivity index (χ1v) is 2.74. The van der Waals surface area contributed by atoms with E-state index in [0.717, 1.165) is 0 Å². The van der Waals surface area contributed by atoms with Gasteiger partial charge in [0, 0.05) is 0 Å². The molecule has 0 spiro atoms. The Morgan fingerprint density at radius 2 is 0.923 bits per heavy atom. The summed E-state index contributed by atoms with van der Waals surface area (Å²) in [5, 5.41) is 14.8. The van der Waals surface area contributed by atoms with Gasteiger partial charge in [-0.3, -0.25) is 0 Å². The van der Waals surface area contributed by atoms with Gasteiger partial charge in [-0.1, -0.05) is 0 Å². The molecule has 0 N–H and O–H groups in total. The predicted octanol–water partition coefficient (Wildman–Crippen LogP) is -7.20. The van der Waals surface area contributed by atoms with Crippen LogP contribution in [0.2, 0.25) is 0 Å². The summed E-state index contributed by atoms with van der Waals surface area (Å²) < 4.78 is 8.55. The molecule has 0 rings (SSSR count). The van der Waals surface area contributed by atoms with Gasteiger partial charge in [0.05, 0.1) is 5.09 Å². The van der Waals surface area contributed by atoms with Crippen molar-refractivity contribution in [2.75, 3.05) is 0 Å². The molecule has 8 nitrogen and oxygen atoms in total. The van der Waals surface area contributed by atoms with Gasteiger partial charge in [-0.05, 0) is 0 Å². The normalized spacial score (nSPS) is 6.38. The molecule has 0 aromatic heterocycles. The molecule has 0 unspecified atom stereocenters. The van der Waals surface area contributed by atoms with Crippen LogP contribution in [0.3, 0.4) is 0 Å². The maximum Gasteiger partial charge on any atom is 2.00 e. The van der Waals surface area contributed by atoms with E-state index in [4.69, 9.17) is 34.6 Å². The second-order valence-corrected chi connectivity index (χ2v) is 1.57. The number of rotatable bonds is 0. The van der Waals surface area contributed by atoms with Crippen LogP contribution in [0.4, 0.5) is 0 Å². The van der Waals surface area contributed by atoms with E-state index in [2.05, 4.69) is 0 Å². The van der Waals surface area contributed by atoms with Gasteiger partial charge in [0.2, 0.25) is 0 Å². The Balaban J connectivity index is -0.0000000146. The minimum atomic E-state index is -5.39. The Hall–Kier alpha value is 4.09. The van der Waals surface area contributed by atoms with Crippen LogP contribution in [0.5, 0.6) is 0 Å². The summed E-state index contributed by atoms with van der Waals surface area (Å²) in [5.74, 6) is 0. The van der Waals surface area contributed by atoms with E-state index in [1.165, 1.54) is 0 Å². The van der Waals surface area contributed by atoms with E-state index in [-0.39, 0.29) is 143 Å². The van der Waals surface area contributed by atoms with Crippen molar-refractivity contribution in [2.24, 2.45) is 0 Å². The van der Waals surface area contributed by atoms with E-state index in [0.29, 0.717) is 0 Å². The van der Waals surface area contributed by atoms with Gasteiger partial charge in [0.25, 0.3) is 0 Å². The van der Waals surface area contributed by atoms with Gasteiger partial charge in [0.1, 0.15) is 0 Å². The van der Waals surface area contributed by atoms with Crippen LogP contribution in [0.25, 0.3) is 0 Å². The van der Waals surface area contributed by atoms with E-state index < -0.39 is 12.9 Å². The van der Waals surface area contributed by atoms with Gasteiger partial charge in [0.15, 0.2) is 0 Å². The van der Waals surface area contributed by atoms with Crippen LogP contribution in [-0.2, 0) is 4.57 Å². The number of phosphoric acid groups is 1. The maximum absolute atomic E-state index is 8.55. The first kappa shape index (κ1) is 36.0. The average molecular weight is 300 g/mol. The van der Waals surface area contributed by atoms with Crippen LogP contribution in [-0.4, -0.2) is 118 Å². The molecule has 0 saturated heterocycles. The molecule has 0 saturated carbocycles. The molecule has 0 radical (unpaired) electrons. The van der Waals surface area contributed by atoms with Crippen molar-refractivity contribution >= 4 is 121 Å². The van der Waals surface area contributed by atoms with Crippen molar-refractivity contribution < 1.29 is 53.9 Å². The topological polar surface area (TPSA) is 152 Å². The van der Waals surface area contributed by atoms with Gasteiger partial charge in [-0.15, -0.1) is 0 Å². The SMILES string of the molecule is O=P([O-])([O-])[O-].O=[N+]([O-])[O-].[Ca+2].[Ca+2].[Ca+2].[Na+]. The van der Waals surface area contributed by atoms with Gasteiger partial charge >= 0.3 is 143 Å². The molecule has 0 heterocycles. The Labute approximate surface area is 185 Å². The summed E-state index contributed by atoms with van der Waals surface area (Å²) in [4.78, 5) is 33.9. The van der Waals surface area contributed by atoms with E-state index in [9.17, 15) is 0 Å². The van der Waals surface area contributed by atoms with Crippen molar-refractivity contribution in [1.82, 2.24) is 0 Å². The second kappa shape index (κ2) is 21.4. The summed E-state index contributed by atoms with van der Waals surface area (Å²) in [6, 6.07) is 0. The zero-order valence-corrected chi connectivity index (χ0v) is 16.4. The minimum Gasteiger partial charge on any atom is -0.822 e. The third-order valence-electron chi connectivity index (χ3n) is 0. The summed E-state index contributed by atoms with van der Waals surface area (Å²) in [6.45, 7) is 0. The van der Waals surface area contributed by atoms with Crippen molar-refractivity contribution in [1.29, 1.82) is 0 Å². The molecular formula is Ca3NNaO7P+3. The second-order valence-electron chi connectivity index (χ2n) is 0.671. The van der Waals surface area contributed by atoms with Crippen molar-refractivity contribution in [3.05, 3.63) is 15.3 Å². The standard InChI is InChI=1S/3Ca.NO3.Na.H3O4P/c;;;2-1(3)4;;1-5(2,3)4/h;;;;;(H3,1,2,3,4)/q3*+2;-1;+1;/p-3. The van der Waals surface area contributed by atoms with E-state index in [1.807, 2.05) is 0 Å². The van der Waals surface area contributed by atoms with Crippen molar-refractivity contribution in [3.8, 4) is 0 Å². The molecule has 0 aliphatic carbocycles. The zero-order chi connectivity index (χ0) is 8.08. The fourth-order valence-electron chi connectivity index (χ4n) is 0. The molecule has 0 aromatic rings. The Bertz CT molecular complexity index is 123. The summed E-state index contributed by atoms with van der Waals surface area (Å²) in [5.41, 5.74) is 0. The van der Waals surface area contributed by atoms with Crippen LogP contribution >= 0.6 is 7.82 Å². The van der Waals surface area contributed by atoms with Crippen LogP contribution in [0.15, 0.2) is 0 Å².